The molecule has 0 aliphatic rings. The van der Waals surface area contributed by atoms with Crippen molar-refractivity contribution in [1.29, 1.82) is 0 Å². The van der Waals surface area contributed by atoms with E-state index < -0.39 is 0 Å². The van der Waals surface area contributed by atoms with Gasteiger partial charge in [-0.3, -0.25) is 0 Å². The van der Waals surface area contributed by atoms with Gasteiger partial charge in [0, 0.05) is 25.9 Å². The highest BCUT2D eigenvalue weighted by Crippen LogP contribution is 2.13. The van der Waals surface area contributed by atoms with Gasteiger partial charge in [-0.15, -0.1) is 0 Å². The largest absolute Gasteiger partial charge is 0.462 e. The molecule has 0 rings (SSSR count). The van der Waals surface area contributed by atoms with Crippen LogP contribution in [0.2, 0.25) is 0 Å². The number of nitrogens with zero attached hydrogens (tertiary/aromatic N) is 1. The summed E-state index contributed by atoms with van der Waals surface area (Å²) in [4.78, 5) is 13.2. The summed E-state index contributed by atoms with van der Waals surface area (Å²) in [5.41, 5.74) is 0.646. The van der Waals surface area contributed by atoms with E-state index in [1.54, 1.807) is 13.1 Å². The number of hydrogen-bond donors (Lipinski definition) is 0. The summed E-state index contributed by atoms with van der Waals surface area (Å²) in [7, 11) is 3.75. The van der Waals surface area contributed by atoms with Gasteiger partial charge >= 0.3 is 5.97 Å². The molecule has 0 saturated carbocycles. The van der Waals surface area contributed by atoms with Crippen LogP contribution in [0, 0.1) is 5.41 Å². The molecular weight excluding hydrogens is 178 g/mol. The minimum absolute atomic E-state index is 0.0219. The Morgan fingerprint density at radius 3 is 2.21 bits per heavy atom. The molecule has 3 nitrogen and oxygen atoms in total. The Hall–Kier alpha value is -0.990. The maximum absolute atomic E-state index is 11.4. The van der Waals surface area contributed by atoms with Crippen LogP contribution in [0.3, 0.4) is 0 Å². The highest BCUT2D eigenvalue weighted by atomic mass is 16.5. The number of carbonyl (C=O) groups excluding carboxylic acids is 1. The second-order valence-corrected chi connectivity index (χ2v) is 4.91. The minimum atomic E-state index is -0.242. The highest BCUT2D eigenvalue weighted by molar-refractivity contribution is 5.87. The van der Waals surface area contributed by atoms with E-state index in [0.29, 0.717) is 12.2 Å². The summed E-state index contributed by atoms with van der Waals surface area (Å²) < 4.78 is 5.14. The number of hydrogen-bond acceptors (Lipinski definition) is 3. The van der Waals surface area contributed by atoms with Gasteiger partial charge < -0.3 is 9.64 Å². The van der Waals surface area contributed by atoms with Crippen molar-refractivity contribution >= 4 is 5.97 Å². The third-order valence-electron chi connectivity index (χ3n) is 1.41. The fourth-order valence-corrected chi connectivity index (χ4v) is 0.836. The van der Waals surface area contributed by atoms with Crippen LogP contribution >= 0.6 is 0 Å². The molecule has 0 bridgehead atoms. The standard InChI is InChI=1S/C11H21NO2/c1-9(7-12(5)6)10(13)14-8-11(2,3)4/h7H,8H2,1-6H3/b9-7+. The summed E-state index contributed by atoms with van der Waals surface area (Å²) in [6, 6.07) is 0. The number of rotatable bonds is 3. The molecule has 0 N–H and O–H groups in total. The molecule has 0 unspecified atom stereocenters. The fraction of sp³-hybridized carbons (Fsp3) is 0.727. The van der Waals surface area contributed by atoms with Crippen molar-refractivity contribution < 1.29 is 9.53 Å². The molecule has 0 atom stereocenters. The van der Waals surface area contributed by atoms with Gasteiger partial charge in [-0.25, -0.2) is 4.79 Å². The van der Waals surface area contributed by atoms with Gasteiger partial charge in [-0.2, -0.15) is 0 Å². The van der Waals surface area contributed by atoms with E-state index >= 15 is 0 Å². The highest BCUT2D eigenvalue weighted by Gasteiger charge is 2.14. The lowest BCUT2D eigenvalue weighted by molar-refractivity contribution is -0.141. The Morgan fingerprint density at radius 2 is 1.86 bits per heavy atom. The number of esters is 1. The van der Waals surface area contributed by atoms with Crippen molar-refractivity contribution in [3.8, 4) is 0 Å². The first-order valence-corrected chi connectivity index (χ1v) is 4.74. The van der Waals surface area contributed by atoms with E-state index in [9.17, 15) is 4.79 Å². The summed E-state index contributed by atoms with van der Waals surface area (Å²) in [6.07, 6.45) is 1.75. The molecule has 0 aliphatic carbocycles. The second kappa shape index (κ2) is 5.03. The van der Waals surface area contributed by atoms with Crippen LogP contribution in [-0.4, -0.2) is 31.6 Å². The smallest absolute Gasteiger partial charge is 0.335 e. The minimum Gasteiger partial charge on any atom is -0.462 e. The van der Waals surface area contributed by atoms with Crippen LogP contribution in [0.4, 0.5) is 0 Å². The lowest BCUT2D eigenvalue weighted by Gasteiger charge is -2.18. The molecule has 0 radical (unpaired) electrons. The zero-order chi connectivity index (χ0) is 11.4. The molecule has 0 aromatic heterocycles. The van der Waals surface area contributed by atoms with Gasteiger partial charge in [-0.1, -0.05) is 20.8 Å². The van der Waals surface area contributed by atoms with Crippen molar-refractivity contribution in [3.63, 3.8) is 0 Å². The van der Waals surface area contributed by atoms with E-state index in [1.807, 2.05) is 39.8 Å². The molecule has 3 heteroatoms. The van der Waals surface area contributed by atoms with Crippen LogP contribution < -0.4 is 0 Å². The van der Waals surface area contributed by atoms with Gasteiger partial charge in [0.2, 0.25) is 0 Å². The summed E-state index contributed by atoms with van der Waals surface area (Å²) in [6.45, 7) is 8.30. The van der Waals surface area contributed by atoms with Crippen LogP contribution in [0.1, 0.15) is 27.7 Å². The van der Waals surface area contributed by atoms with Gasteiger partial charge in [0.25, 0.3) is 0 Å². The van der Waals surface area contributed by atoms with Crippen molar-refractivity contribution in [2.75, 3.05) is 20.7 Å². The molecule has 82 valence electrons. The van der Waals surface area contributed by atoms with E-state index in [4.69, 9.17) is 4.74 Å². The normalized spacial score (nSPS) is 12.6. The predicted octanol–water partition coefficient (Wildman–Crippen LogP) is 2.04. The SMILES string of the molecule is C/C(=C\N(C)C)C(=O)OCC(C)(C)C. The fourth-order valence-electron chi connectivity index (χ4n) is 0.836. The Kier molecular flexibility index (Phi) is 4.68. The zero-order valence-electron chi connectivity index (χ0n) is 10.0. The summed E-state index contributed by atoms with van der Waals surface area (Å²) in [5, 5.41) is 0. The van der Waals surface area contributed by atoms with Crippen molar-refractivity contribution in [2.24, 2.45) is 5.41 Å². The van der Waals surface area contributed by atoms with Crippen LogP contribution in [0.15, 0.2) is 11.8 Å². The molecule has 0 fully saturated rings. The first-order valence-electron chi connectivity index (χ1n) is 4.74. The van der Waals surface area contributed by atoms with E-state index in [2.05, 4.69) is 0 Å². The maximum atomic E-state index is 11.4. The Balaban J connectivity index is 4.10. The Labute approximate surface area is 86.7 Å². The second-order valence-electron chi connectivity index (χ2n) is 4.91. The molecular formula is C11H21NO2. The quantitative estimate of drug-likeness (QED) is 0.514. The lowest BCUT2D eigenvalue weighted by atomic mass is 9.99. The van der Waals surface area contributed by atoms with Crippen molar-refractivity contribution in [1.82, 2.24) is 4.90 Å². The van der Waals surface area contributed by atoms with Crippen LogP contribution in [-0.2, 0) is 9.53 Å². The molecule has 0 heterocycles. The topological polar surface area (TPSA) is 29.5 Å². The molecule has 0 saturated heterocycles. The van der Waals surface area contributed by atoms with Crippen molar-refractivity contribution in [3.05, 3.63) is 11.8 Å². The first kappa shape index (κ1) is 13.0. The Morgan fingerprint density at radius 1 is 1.36 bits per heavy atom. The van der Waals surface area contributed by atoms with Gasteiger partial charge in [0.1, 0.15) is 0 Å². The van der Waals surface area contributed by atoms with Crippen molar-refractivity contribution in [2.45, 2.75) is 27.7 Å². The van der Waals surface area contributed by atoms with Gasteiger partial charge in [-0.05, 0) is 12.3 Å². The average Bonchev–Trinajstić information content (AvgIpc) is 1.97. The van der Waals surface area contributed by atoms with Crippen LogP contribution in [0.25, 0.3) is 0 Å². The predicted molar refractivity (Wildman–Crippen MR) is 57.9 cm³/mol. The van der Waals surface area contributed by atoms with E-state index in [0.717, 1.165) is 0 Å². The van der Waals surface area contributed by atoms with Crippen LogP contribution in [0.5, 0.6) is 0 Å². The molecule has 0 aromatic carbocycles. The average molecular weight is 199 g/mol. The molecule has 0 spiro atoms. The third kappa shape index (κ3) is 6.52. The summed E-state index contributed by atoms with van der Waals surface area (Å²) >= 11 is 0. The van der Waals surface area contributed by atoms with E-state index in [1.165, 1.54) is 0 Å². The summed E-state index contributed by atoms with van der Waals surface area (Å²) in [5.74, 6) is -0.242. The number of carbonyl (C=O) groups is 1. The molecule has 0 aromatic rings. The maximum Gasteiger partial charge on any atom is 0.335 e. The lowest BCUT2D eigenvalue weighted by Crippen LogP contribution is -2.19. The van der Waals surface area contributed by atoms with Gasteiger partial charge in [0.05, 0.1) is 6.61 Å². The molecule has 14 heavy (non-hydrogen) atoms. The zero-order valence-corrected chi connectivity index (χ0v) is 10.0. The first-order chi connectivity index (χ1) is 6.22. The monoisotopic (exact) mass is 199 g/mol. The Bertz CT molecular complexity index is 224. The molecule has 0 aliphatic heterocycles. The van der Waals surface area contributed by atoms with Gasteiger partial charge in [0.15, 0.2) is 0 Å². The number of ether oxygens (including phenoxy) is 1. The van der Waals surface area contributed by atoms with E-state index in [-0.39, 0.29) is 11.4 Å². The third-order valence-corrected chi connectivity index (χ3v) is 1.41. The molecule has 0 amide bonds.